The van der Waals surface area contributed by atoms with Crippen LogP contribution in [0.3, 0.4) is 0 Å². The van der Waals surface area contributed by atoms with Crippen molar-refractivity contribution < 1.29 is 4.52 Å². The van der Waals surface area contributed by atoms with Crippen LogP contribution in [0.25, 0.3) is 22.8 Å². The van der Waals surface area contributed by atoms with Gasteiger partial charge in [0.15, 0.2) is 0 Å². The van der Waals surface area contributed by atoms with Gasteiger partial charge in [0.25, 0.3) is 5.89 Å². The number of rotatable bonds is 4. The zero-order valence-electron chi connectivity index (χ0n) is 12.7. The zero-order valence-corrected chi connectivity index (χ0v) is 15.8. The maximum absolute atomic E-state index is 5.28. The van der Waals surface area contributed by atoms with Crippen molar-refractivity contribution in [1.29, 1.82) is 0 Å². The lowest BCUT2D eigenvalue weighted by molar-refractivity contribution is 0.356. The molecule has 0 aliphatic heterocycles. The van der Waals surface area contributed by atoms with E-state index in [-0.39, 0.29) is 6.54 Å². The fourth-order valence-electron chi connectivity index (χ4n) is 2.21. The molecule has 0 bridgehead atoms. The van der Waals surface area contributed by atoms with Crippen molar-refractivity contribution in [1.82, 2.24) is 30.3 Å². The van der Waals surface area contributed by atoms with Crippen molar-refractivity contribution in [3.05, 3.63) is 63.4 Å². The average Bonchev–Trinajstić information content (AvgIpc) is 3.26. The Bertz CT molecular complexity index is 1010. The minimum absolute atomic E-state index is 0.254. The predicted octanol–water partition coefficient (Wildman–Crippen LogP) is 3.96. The van der Waals surface area contributed by atoms with E-state index in [0.717, 1.165) is 20.1 Å². The summed E-state index contributed by atoms with van der Waals surface area (Å²) in [6.45, 7) is 0.254. The highest BCUT2D eigenvalue weighted by molar-refractivity contribution is 9.10. The topological polar surface area (TPSA) is 82.5 Å². The first-order valence-corrected chi connectivity index (χ1v) is 8.88. The van der Waals surface area contributed by atoms with E-state index in [1.165, 1.54) is 4.80 Å². The Morgan fingerprint density at radius 2 is 1.76 bits per heavy atom. The molecule has 2 aromatic heterocycles. The summed E-state index contributed by atoms with van der Waals surface area (Å²) < 4.78 is 7.23. The Morgan fingerprint density at radius 3 is 2.56 bits per heavy atom. The van der Waals surface area contributed by atoms with Gasteiger partial charge in [-0.05, 0) is 41.6 Å². The molecule has 0 amide bonds. The number of hydrogen-bond donors (Lipinski definition) is 0. The monoisotopic (exact) mass is 460 g/mol. The van der Waals surface area contributed by atoms with Crippen LogP contribution in [0.1, 0.15) is 5.89 Å². The Morgan fingerprint density at radius 1 is 0.920 bits per heavy atom. The summed E-state index contributed by atoms with van der Waals surface area (Å²) in [6, 6.07) is 15.4. The third-order valence-corrected chi connectivity index (χ3v) is 4.40. The SMILES string of the molecule is Brc1ccc(-c2nnn(Cc3nc(-c4cccc(Br)c4)no3)n2)cc1. The van der Waals surface area contributed by atoms with E-state index < -0.39 is 0 Å². The minimum Gasteiger partial charge on any atom is -0.337 e. The standard InChI is InChI=1S/C16H10Br2N6O/c17-12-6-4-10(5-7-12)16-20-23-24(21-16)9-14-19-15(22-25-14)11-2-1-3-13(18)8-11/h1-8H,9H2. The largest absolute Gasteiger partial charge is 0.337 e. The molecule has 0 spiro atoms. The third kappa shape index (κ3) is 3.67. The van der Waals surface area contributed by atoms with Crippen LogP contribution in [0.2, 0.25) is 0 Å². The van der Waals surface area contributed by atoms with E-state index in [1.807, 2.05) is 48.5 Å². The average molecular weight is 462 g/mol. The summed E-state index contributed by atoms with van der Waals surface area (Å²) >= 11 is 6.83. The molecule has 25 heavy (non-hydrogen) atoms. The lowest BCUT2D eigenvalue weighted by atomic mass is 10.2. The number of hydrogen-bond acceptors (Lipinski definition) is 6. The minimum atomic E-state index is 0.254. The van der Waals surface area contributed by atoms with Gasteiger partial charge in [-0.2, -0.15) is 9.78 Å². The van der Waals surface area contributed by atoms with Gasteiger partial charge in [-0.15, -0.1) is 10.2 Å². The molecule has 2 aromatic carbocycles. The molecular formula is C16H10Br2N6O. The summed E-state index contributed by atoms with van der Waals surface area (Å²) in [4.78, 5) is 5.80. The second-order valence-corrected chi connectivity index (χ2v) is 7.00. The molecule has 0 saturated carbocycles. The summed E-state index contributed by atoms with van der Waals surface area (Å²) in [5.74, 6) is 1.47. The van der Waals surface area contributed by atoms with Gasteiger partial charge in [0, 0.05) is 20.1 Å². The number of halogens is 2. The second-order valence-electron chi connectivity index (χ2n) is 5.17. The molecule has 0 aliphatic rings. The van der Waals surface area contributed by atoms with E-state index in [2.05, 4.69) is 57.4 Å². The molecule has 0 fully saturated rings. The molecule has 7 nitrogen and oxygen atoms in total. The highest BCUT2D eigenvalue weighted by atomic mass is 79.9. The van der Waals surface area contributed by atoms with Crippen molar-refractivity contribution in [2.24, 2.45) is 0 Å². The Kier molecular flexibility index (Phi) is 4.41. The molecular weight excluding hydrogens is 452 g/mol. The highest BCUT2D eigenvalue weighted by Crippen LogP contribution is 2.21. The number of nitrogens with zero attached hydrogens (tertiary/aromatic N) is 6. The highest BCUT2D eigenvalue weighted by Gasteiger charge is 2.12. The van der Waals surface area contributed by atoms with E-state index in [9.17, 15) is 0 Å². The molecule has 0 unspecified atom stereocenters. The summed E-state index contributed by atoms with van der Waals surface area (Å²) in [5, 5.41) is 16.4. The normalized spacial score (nSPS) is 11.0. The number of tetrazole rings is 1. The van der Waals surface area contributed by atoms with Crippen LogP contribution in [0, 0.1) is 0 Å². The maximum Gasteiger partial charge on any atom is 0.250 e. The molecule has 124 valence electrons. The molecule has 0 N–H and O–H groups in total. The second kappa shape index (κ2) is 6.85. The third-order valence-electron chi connectivity index (χ3n) is 3.38. The van der Waals surface area contributed by atoms with Crippen LogP contribution in [0.15, 0.2) is 62.0 Å². The molecule has 9 heteroatoms. The van der Waals surface area contributed by atoms with E-state index in [1.54, 1.807) is 0 Å². The van der Waals surface area contributed by atoms with Gasteiger partial charge in [-0.3, -0.25) is 0 Å². The zero-order chi connectivity index (χ0) is 17.2. The molecule has 0 atom stereocenters. The molecule has 2 heterocycles. The summed E-state index contributed by atoms with van der Waals surface area (Å²) in [5.41, 5.74) is 1.75. The van der Waals surface area contributed by atoms with Crippen LogP contribution >= 0.6 is 31.9 Å². The van der Waals surface area contributed by atoms with Crippen molar-refractivity contribution in [2.75, 3.05) is 0 Å². The van der Waals surface area contributed by atoms with Crippen molar-refractivity contribution >= 4 is 31.9 Å². The first kappa shape index (κ1) is 16.1. The lowest BCUT2D eigenvalue weighted by Gasteiger charge is -1.95. The smallest absolute Gasteiger partial charge is 0.250 e. The van der Waals surface area contributed by atoms with Gasteiger partial charge in [-0.25, -0.2) is 0 Å². The van der Waals surface area contributed by atoms with Gasteiger partial charge in [0.05, 0.1) is 0 Å². The fourth-order valence-corrected chi connectivity index (χ4v) is 2.87. The summed E-state index contributed by atoms with van der Waals surface area (Å²) in [7, 11) is 0. The van der Waals surface area contributed by atoms with E-state index in [4.69, 9.17) is 4.52 Å². The van der Waals surface area contributed by atoms with E-state index in [0.29, 0.717) is 17.5 Å². The number of benzene rings is 2. The molecule has 0 radical (unpaired) electrons. The summed E-state index contributed by atoms with van der Waals surface area (Å²) in [6.07, 6.45) is 0. The Labute approximate surface area is 159 Å². The molecule has 4 aromatic rings. The van der Waals surface area contributed by atoms with Crippen LogP contribution in [0.4, 0.5) is 0 Å². The number of aromatic nitrogens is 6. The van der Waals surface area contributed by atoms with Gasteiger partial charge in [0.2, 0.25) is 11.6 Å². The Hall–Kier alpha value is -2.39. The van der Waals surface area contributed by atoms with Crippen molar-refractivity contribution in [2.45, 2.75) is 6.54 Å². The lowest BCUT2D eigenvalue weighted by Crippen LogP contribution is -2.04. The molecule has 0 aliphatic carbocycles. The van der Waals surface area contributed by atoms with Gasteiger partial charge in [0.1, 0.15) is 6.54 Å². The fraction of sp³-hybridized carbons (Fsp3) is 0.0625. The van der Waals surface area contributed by atoms with Crippen LogP contribution in [-0.2, 0) is 6.54 Å². The van der Waals surface area contributed by atoms with Gasteiger partial charge >= 0.3 is 0 Å². The quantitative estimate of drug-likeness (QED) is 0.457. The van der Waals surface area contributed by atoms with Crippen molar-refractivity contribution in [3.8, 4) is 22.8 Å². The maximum atomic E-state index is 5.28. The molecule has 0 saturated heterocycles. The van der Waals surface area contributed by atoms with Crippen LogP contribution in [0.5, 0.6) is 0 Å². The predicted molar refractivity (Wildman–Crippen MR) is 97.5 cm³/mol. The van der Waals surface area contributed by atoms with Gasteiger partial charge < -0.3 is 4.52 Å². The van der Waals surface area contributed by atoms with E-state index >= 15 is 0 Å². The van der Waals surface area contributed by atoms with Gasteiger partial charge in [-0.1, -0.05) is 49.1 Å². The first-order valence-electron chi connectivity index (χ1n) is 7.30. The van der Waals surface area contributed by atoms with Crippen LogP contribution < -0.4 is 0 Å². The van der Waals surface area contributed by atoms with Crippen LogP contribution in [-0.4, -0.2) is 30.3 Å². The first-order chi connectivity index (χ1) is 12.2. The molecule has 4 rings (SSSR count). The van der Waals surface area contributed by atoms with Crippen molar-refractivity contribution in [3.63, 3.8) is 0 Å². The Balaban J connectivity index is 1.52.